The van der Waals surface area contributed by atoms with E-state index < -0.39 is 10.7 Å². The molecule has 0 spiro atoms. The van der Waals surface area contributed by atoms with Crippen LogP contribution in [0.4, 0.5) is 21.5 Å². The summed E-state index contributed by atoms with van der Waals surface area (Å²) in [6.45, 7) is 5.12. The first kappa shape index (κ1) is 20.8. The van der Waals surface area contributed by atoms with Crippen LogP contribution in [0.2, 0.25) is 0 Å². The van der Waals surface area contributed by atoms with Crippen LogP contribution < -0.4 is 10.2 Å². The first-order valence-electron chi connectivity index (χ1n) is 10.0. The lowest BCUT2D eigenvalue weighted by Gasteiger charge is -2.37. The maximum atomic E-state index is 14.7. The molecular weight excluding hydrogens is 403 g/mol. The van der Waals surface area contributed by atoms with Gasteiger partial charge in [0.05, 0.1) is 22.8 Å². The highest BCUT2D eigenvalue weighted by molar-refractivity contribution is 5.92. The summed E-state index contributed by atoms with van der Waals surface area (Å²) in [7, 11) is 0. The maximum Gasteiger partial charge on any atom is 0.270 e. The molecule has 1 aliphatic heterocycles. The van der Waals surface area contributed by atoms with E-state index in [0.717, 1.165) is 0 Å². The van der Waals surface area contributed by atoms with Crippen molar-refractivity contribution in [2.75, 3.05) is 23.3 Å². The van der Waals surface area contributed by atoms with E-state index >= 15 is 0 Å². The Labute approximate surface area is 178 Å². The lowest BCUT2D eigenvalue weighted by Crippen LogP contribution is -2.45. The van der Waals surface area contributed by atoms with E-state index in [9.17, 15) is 19.3 Å². The van der Waals surface area contributed by atoms with Crippen molar-refractivity contribution in [3.8, 4) is 0 Å². The Morgan fingerprint density at radius 2 is 1.94 bits per heavy atom. The Morgan fingerprint density at radius 3 is 2.61 bits per heavy atom. The fourth-order valence-corrected chi connectivity index (χ4v) is 4.01. The van der Waals surface area contributed by atoms with E-state index in [1.165, 1.54) is 18.2 Å². The minimum atomic E-state index is -0.458. The number of benzene rings is 2. The van der Waals surface area contributed by atoms with Crippen molar-refractivity contribution in [2.24, 2.45) is 0 Å². The zero-order valence-electron chi connectivity index (χ0n) is 17.2. The van der Waals surface area contributed by atoms with Crippen LogP contribution >= 0.6 is 0 Å². The third kappa shape index (κ3) is 4.51. The van der Waals surface area contributed by atoms with Crippen molar-refractivity contribution in [1.82, 2.24) is 4.57 Å². The lowest BCUT2D eigenvalue weighted by molar-refractivity contribution is -0.384. The Morgan fingerprint density at radius 1 is 1.19 bits per heavy atom. The molecule has 4 rings (SSSR count). The number of carbonyl (C=O) groups excluding carboxylic acids is 1. The van der Waals surface area contributed by atoms with Gasteiger partial charge in [-0.25, -0.2) is 4.39 Å². The number of nitro benzene ring substituents is 1. The molecule has 1 N–H and O–H groups in total. The van der Waals surface area contributed by atoms with Gasteiger partial charge in [0.25, 0.3) is 5.69 Å². The number of non-ortho nitro benzene ring substituents is 1. The fourth-order valence-electron chi connectivity index (χ4n) is 4.01. The summed E-state index contributed by atoms with van der Waals surface area (Å²) in [5.41, 5.74) is 1.55. The number of aromatic nitrogens is 1. The number of nitrogens with one attached hydrogen (secondary N) is 1. The van der Waals surface area contributed by atoms with Crippen LogP contribution in [0.15, 0.2) is 48.7 Å². The average Bonchev–Trinajstić information content (AvgIpc) is 3.09. The molecule has 0 radical (unpaired) electrons. The summed E-state index contributed by atoms with van der Waals surface area (Å²) in [6, 6.07) is 10.9. The zero-order valence-corrected chi connectivity index (χ0v) is 17.2. The van der Waals surface area contributed by atoms with Gasteiger partial charge in [0.1, 0.15) is 12.4 Å². The first-order chi connectivity index (χ1) is 14.8. The Balaban J connectivity index is 1.45. The van der Waals surface area contributed by atoms with Crippen LogP contribution in [0.1, 0.15) is 13.8 Å². The van der Waals surface area contributed by atoms with Gasteiger partial charge in [-0.05, 0) is 44.2 Å². The Bertz CT molecular complexity index is 1140. The Kier molecular flexibility index (Phi) is 5.60. The molecule has 162 valence electrons. The molecule has 0 bridgehead atoms. The highest BCUT2D eigenvalue weighted by atomic mass is 19.1. The van der Waals surface area contributed by atoms with E-state index in [0.29, 0.717) is 35.4 Å². The summed E-state index contributed by atoms with van der Waals surface area (Å²) in [4.78, 5) is 24.9. The summed E-state index contributed by atoms with van der Waals surface area (Å²) in [5.74, 6) is -0.727. The molecule has 1 saturated heterocycles. The highest BCUT2D eigenvalue weighted by Crippen LogP contribution is 2.26. The number of rotatable bonds is 5. The van der Waals surface area contributed by atoms with Gasteiger partial charge in [0.15, 0.2) is 0 Å². The van der Waals surface area contributed by atoms with Gasteiger partial charge in [-0.15, -0.1) is 0 Å². The second-order valence-corrected chi connectivity index (χ2v) is 7.82. The van der Waals surface area contributed by atoms with Gasteiger partial charge < -0.3 is 19.5 Å². The van der Waals surface area contributed by atoms with E-state index in [4.69, 9.17) is 4.74 Å². The van der Waals surface area contributed by atoms with E-state index in [-0.39, 0.29) is 30.3 Å². The number of carbonyl (C=O) groups is 1. The van der Waals surface area contributed by atoms with E-state index in [1.54, 1.807) is 35.0 Å². The van der Waals surface area contributed by atoms with Crippen LogP contribution in [0.3, 0.4) is 0 Å². The van der Waals surface area contributed by atoms with Crippen LogP contribution in [-0.4, -0.2) is 40.7 Å². The smallest absolute Gasteiger partial charge is 0.270 e. The summed E-state index contributed by atoms with van der Waals surface area (Å²) < 4.78 is 22.1. The number of hydrogen-bond acceptors (Lipinski definition) is 5. The topological polar surface area (TPSA) is 89.6 Å². The molecular formula is C22H23FN4O4. The van der Waals surface area contributed by atoms with Gasteiger partial charge in [-0.1, -0.05) is 0 Å². The van der Waals surface area contributed by atoms with Gasteiger partial charge >= 0.3 is 0 Å². The van der Waals surface area contributed by atoms with Crippen molar-refractivity contribution in [2.45, 2.75) is 32.6 Å². The number of morpholine rings is 1. The monoisotopic (exact) mass is 426 g/mol. The molecule has 8 nitrogen and oxygen atoms in total. The zero-order chi connectivity index (χ0) is 22.1. The van der Waals surface area contributed by atoms with Crippen LogP contribution in [0, 0.1) is 15.9 Å². The molecule has 0 saturated carbocycles. The molecule has 1 aromatic heterocycles. The van der Waals surface area contributed by atoms with Crippen molar-refractivity contribution in [3.63, 3.8) is 0 Å². The number of nitrogens with zero attached hydrogens (tertiary/aromatic N) is 3. The van der Waals surface area contributed by atoms with Crippen LogP contribution in [-0.2, 0) is 16.1 Å². The molecule has 9 heteroatoms. The third-order valence-electron chi connectivity index (χ3n) is 5.27. The Hall–Kier alpha value is -3.46. The minimum Gasteiger partial charge on any atom is -0.372 e. The quantitative estimate of drug-likeness (QED) is 0.493. The molecule has 0 aliphatic carbocycles. The summed E-state index contributed by atoms with van der Waals surface area (Å²) in [5, 5.41) is 14.3. The van der Waals surface area contributed by atoms with Crippen LogP contribution in [0.25, 0.3) is 10.9 Å². The molecule has 2 heterocycles. The van der Waals surface area contributed by atoms with Crippen molar-refractivity contribution in [1.29, 1.82) is 0 Å². The third-order valence-corrected chi connectivity index (χ3v) is 5.27. The number of amides is 1. The van der Waals surface area contributed by atoms with Gasteiger partial charge in [0, 0.05) is 48.0 Å². The van der Waals surface area contributed by atoms with E-state index in [2.05, 4.69) is 5.32 Å². The van der Waals surface area contributed by atoms with Crippen molar-refractivity contribution >= 4 is 33.9 Å². The maximum absolute atomic E-state index is 14.7. The largest absolute Gasteiger partial charge is 0.372 e. The van der Waals surface area contributed by atoms with E-state index in [1.807, 2.05) is 18.7 Å². The number of fused-ring (bicyclic) bond motifs is 1. The van der Waals surface area contributed by atoms with Crippen LogP contribution in [0.5, 0.6) is 0 Å². The predicted octanol–water partition coefficient (Wildman–Crippen LogP) is 3.94. The second kappa shape index (κ2) is 8.35. The highest BCUT2D eigenvalue weighted by Gasteiger charge is 2.24. The lowest BCUT2D eigenvalue weighted by atomic mass is 10.2. The molecule has 2 aromatic carbocycles. The predicted molar refractivity (Wildman–Crippen MR) is 116 cm³/mol. The first-order valence-corrected chi connectivity index (χ1v) is 10.0. The number of anilines is 2. The summed E-state index contributed by atoms with van der Waals surface area (Å²) >= 11 is 0. The minimum absolute atomic E-state index is 0.00315. The molecule has 2 atom stereocenters. The standard InChI is InChI=1S/C22H23FN4O4/c1-14-11-26(12-15(2)31-14)21-5-3-17(10-19(21)23)24-22(28)13-25-8-7-16-9-18(27(29)30)4-6-20(16)25/h3-10,14-15H,11-13H2,1-2H3,(H,24,28)/t14-,15+. The molecule has 1 aliphatic rings. The number of nitro groups is 1. The van der Waals surface area contributed by atoms with Crippen molar-refractivity contribution in [3.05, 3.63) is 64.6 Å². The molecule has 31 heavy (non-hydrogen) atoms. The SMILES string of the molecule is C[C@@H]1CN(c2ccc(NC(=O)Cn3ccc4cc([N+](=O)[O-])ccc43)cc2F)C[C@H](C)O1. The number of ether oxygens (including phenoxy) is 1. The normalized spacial score (nSPS) is 18.9. The van der Waals surface area contributed by atoms with Gasteiger partial charge in [-0.3, -0.25) is 14.9 Å². The average molecular weight is 426 g/mol. The second-order valence-electron chi connectivity index (χ2n) is 7.82. The van der Waals surface area contributed by atoms with Gasteiger partial charge in [-0.2, -0.15) is 0 Å². The fraction of sp³-hybridized carbons (Fsp3) is 0.318. The number of halogens is 1. The summed E-state index contributed by atoms with van der Waals surface area (Å²) in [6.07, 6.45) is 1.72. The molecule has 1 fully saturated rings. The van der Waals surface area contributed by atoms with Gasteiger partial charge in [0.2, 0.25) is 5.91 Å². The molecule has 3 aromatic rings. The molecule has 1 amide bonds. The molecule has 0 unspecified atom stereocenters. The number of hydrogen-bond donors (Lipinski definition) is 1. The van der Waals surface area contributed by atoms with Crippen molar-refractivity contribution < 1.29 is 18.8 Å².